The summed E-state index contributed by atoms with van der Waals surface area (Å²) in [7, 11) is 0. The van der Waals surface area contributed by atoms with Crippen molar-refractivity contribution in [2.45, 2.75) is 25.8 Å². The summed E-state index contributed by atoms with van der Waals surface area (Å²) in [5, 5.41) is 0.446. The summed E-state index contributed by atoms with van der Waals surface area (Å²) in [4.78, 5) is 34.4. The van der Waals surface area contributed by atoms with E-state index in [1.807, 2.05) is 4.90 Å². The van der Waals surface area contributed by atoms with Gasteiger partial charge in [0.05, 0.1) is 5.39 Å². The fourth-order valence-electron chi connectivity index (χ4n) is 2.50. The van der Waals surface area contributed by atoms with E-state index in [0.29, 0.717) is 11.0 Å². The van der Waals surface area contributed by atoms with Gasteiger partial charge in [-0.05, 0) is 31.4 Å². The highest BCUT2D eigenvalue weighted by molar-refractivity contribution is 5.77. The Balaban J connectivity index is 1.85. The zero-order valence-electron chi connectivity index (χ0n) is 11.2. The normalized spacial score (nSPS) is 15.5. The zero-order valence-corrected chi connectivity index (χ0v) is 11.2. The van der Waals surface area contributed by atoms with Crippen LogP contribution in [0.4, 0.5) is 0 Å². The molecule has 0 aliphatic carbocycles. The SMILES string of the molecule is O=C(Cn1cnc2ncccc2c1=O)N1CCCCC1. The van der Waals surface area contributed by atoms with Crippen molar-refractivity contribution in [1.82, 2.24) is 19.4 Å². The van der Waals surface area contributed by atoms with Gasteiger partial charge in [0.1, 0.15) is 12.9 Å². The highest BCUT2D eigenvalue weighted by atomic mass is 16.2. The minimum Gasteiger partial charge on any atom is -0.341 e. The van der Waals surface area contributed by atoms with Crippen LogP contribution in [0, 0.1) is 0 Å². The maximum atomic E-state index is 12.3. The molecule has 0 atom stereocenters. The molecule has 1 saturated heterocycles. The Morgan fingerprint density at radius 2 is 2.00 bits per heavy atom. The summed E-state index contributed by atoms with van der Waals surface area (Å²) in [6, 6.07) is 3.38. The van der Waals surface area contributed by atoms with E-state index < -0.39 is 0 Å². The molecule has 6 nitrogen and oxygen atoms in total. The summed E-state index contributed by atoms with van der Waals surface area (Å²) >= 11 is 0. The van der Waals surface area contributed by atoms with Crippen molar-refractivity contribution < 1.29 is 4.79 Å². The number of nitrogens with zero attached hydrogens (tertiary/aromatic N) is 4. The molecule has 0 spiro atoms. The van der Waals surface area contributed by atoms with Crippen LogP contribution < -0.4 is 5.56 Å². The molecule has 6 heteroatoms. The van der Waals surface area contributed by atoms with Crippen LogP contribution in [0.3, 0.4) is 0 Å². The fraction of sp³-hybridized carbons (Fsp3) is 0.429. The molecule has 0 unspecified atom stereocenters. The van der Waals surface area contributed by atoms with Gasteiger partial charge in [0.25, 0.3) is 5.56 Å². The standard InChI is InChI=1S/C14H16N4O2/c19-12(17-7-2-1-3-8-17)9-18-10-16-13-11(14(18)20)5-4-6-15-13/h4-6,10H,1-3,7-9H2. The van der Waals surface area contributed by atoms with Gasteiger partial charge in [0.2, 0.25) is 5.91 Å². The molecule has 3 heterocycles. The maximum absolute atomic E-state index is 12.3. The first-order valence-corrected chi connectivity index (χ1v) is 6.83. The van der Waals surface area contributed by atoms with Crippen LogP contribution in [0.5, 0.6) is 0 Å². The second-order valence-electron chi connectivity index (χ2n) is 4.99. The van der Waals surface area contributed by atoms with Gasteiger partial charge in [0.15, 0.2) is 5.65 Å². The lowest BCUT2D eigenvalue weighted by molar-refractivity contribution is -0.132. The highest BCUT2D eigenvalue weighted by Gasteiger charge is 2.17. The molecule has 2 aromatic rings. The first kappa shape index (κ1) is 12.8. The summed E-state index contributed by atoms with van der Waals surface area (Å²) in [6.07, 6.45) is 6.26. The average Bonchev–Trinajstić information content (AvgIpc) is 2.51. The minimum atomic E-state index is -0.214. The van der Waals surface area contributed by atoms with Crippen molar-refractivity contribution in [2.75, 3.05) is 13.1 Å². The number of pyridine rings is 1. The molecule has 0 aromatic carbocycles. The van der Waals surface area contributed by atoms with E-state index in [4.69, 9.17) is 0 Å². The first-order valence-electron chi connectivity index (χ1n) is 6.83. The van der Waals surface area contributed by atoms with Gasteiger partial charge in [-0.3, -0.25) is 14.2 Å². The zero-order chi connectivity index (χ0) is 13.9. The molecular formula is C14H16N4O2. The smallest absolute Gasteiger partial charge is 0.263 e. The Morgan fingerprint density at radius 1 is 1.20 bits per heavy atom. The predicted octanol–water partition coefficient (Wildman–Crippen LogP) is 0.804. The number of hydrogen-bond donors (Lipinski definition) is 0. The number of likely N-dealkylation sites (tertiary alicyclic amines) is 1. The second-order valence-corrected chi connectivity index (χ2v) is 4.99. The second kappa shape index (κ2) is 5.40. The number of hydrogen-bond acceptors (Lipinski definition) is 4. The van der Waals surface area contributed by atoms with Crippen LogP contribution in [0.2, 0.25) is 0 Å². The van der Waals surface area contributed by atoms with E-state index in [0.717, 1.165) is 25.9 Å². The van der Waals surface area contributed by atoms with Crippen molar-refractivity contribution in [3.63, 3.8) is 0 Å². The molecule has 1 fully saturated rings. The molecule has 0 radical (unpaired) electrons. The van der Waals surface area contributed by atoms with E-state index >= 15 is 0 Å². The lowest BCUT2D eigenvalue weighted by atomic mass is 10.1. The molecule has 1 aliphatic heterocycles. The number of piperidine rings is 1. The van der Waals surface area contributed by atoms with Crippen LogP contribution >= 0.6 is 0 Å². The van der Waals surface area contributed by atoms with Crippen LogP contribution in [0.25, 0.3) is 11.0 Å². The van der Waals surface area contributed by atoms with E-state index in [-0.39, 0.29) is 18.0 Å². The summed E-state index contributed by atoms with van der Waals surface area (Å²) in [5.74, 6) is -0.0168. The van der Waals surface area contributed by atoms with Gasteiger partial charge in [0, 0.05) is 19.3 Å². The van der Waals surface area contributed by atoms with Crippen molar-refractivity contribution in [3.8, 4) is 0 Å². The molecule has 0 bridgehead atoms. The molecule has 2 aromatic heterocycles. The average molecular weight is 272 g/mol. The molecule has 1 aliphatic rings. The molecular weight excluding hydrogens is 256 g/mol. The summed E-state index contributed by atoms with van der Waals surface area (Å²) in [6.45, 7) is 1.63. The van der Waals surface area contributed by atoms with E-state index in [2.05, 4.69) is 9.97 Å². The number of rotatable bonds is 2. The lowest BCUT2D eigenvalue weighted by Gasteiger charge is -2.26. The lowest BCUT2D eigenvalue weighted by Crippen LogP contribution is -2.39. The quantitative estimate of drug-likeness (QED) is 0.811. The predicted molar refractivity (Wildman–Crippen MR) is 74.2 cm³/mol. The van der Waals surface area contributed by atoms with E-state index in [9.17, 15) is 9.59 Å². The number of aromatic nitrogens is 3. The monoisotopic (exact) mass is 272 g/mol. The summed E-state index contributed by atoms with van der Waals surface area (Å²) < 4.78 is 1.36. The van der Waals surface area contributed by atoms with Gasteiger partial charge in [-0.25, -0.2) is 9.97 Å². The number of fused-ring (bicyclic) bond motifs is 1. The Bertz CT molecular complexity index is 689. The van der Waals surface area contributed by atoms with Crippen LogP contribution in [-0.4, -0.2) is 38.4 Å². The van der Waals surface area contributed by atoms with Crippen molar-refractivity contribution >= 4 is 16.9 Å². The molecule has 1 amide bonds. The Labute approximate surface area is 116 Å². The molecule has 104 valence electrons. The van der Waals surface area contributed by atoms with E-state index in [1.54, 1.807) is 18.3 Å². The Kier molecular flexibility index (Phi) is 3.45. The largest absolute Gasteiger partial charge is 0.341 e. The van der Waals surface area contributed by atoms with Gasteiger partial charge < -0.3 is 4.90 Å². The number of carbonyl (C=O) groups excluding carboxylic acids is 1. The molecule has 3 rings (SSSR count). The summed E-state index contributed by atoms with van der Waals surface area (Å²) in [5.41, 5.74) is 0.202. The third-order valence-electron chi connectivity index (χ3n) is 3.61. The Hall–Kier alpha value is -2.24. The van der Waals surface area contributed by atoms with Gasteiger partial charge in [-0.1, -0.05) is 0 Å². The molecule has 0 N–H and O–H groups in total. The van der Waals surface area contributed by atoms with Crippen molar-refractivity contribution in [3.05, 3.63) is 35.0 Å². The van der Waals surface area contributed by atoms with Crippen LogP contribution in [0.1, 0.15) is 19.3 Å². The van der Waals surface area contributed by atoms with Crippen LogP contribution in [-0.2, 0) is 11.3 Å². The minimum absolute atomic E-state index is 0.0168. The number of carbonyl (C=O) groups is 1. The Morgan fingerprint density at radius 3 is 2.80 bits per heavy atom. The number of amides is 1. The van der Waals surface area contributed by atoms with Crippen molar-refractivity contribution in [2.24, 2.45) is 0 Å². The highest BCUT2D eigenvalue weighted by Crippen LogP contribution is 2.09. The third-order valence-corrected chi connectivity index (χ3v) is 3.61. The van der Waals surface area contributed by atoms with Gasteiger partial charge >= 0.3 is 0 Å². The third kappa shape index (κ3) is 2.41. The van der Waals surface area contributed by atoms with Crippen LogP contribution in [0.15, 0.2) is 29.5 Å². The topological polar surface area (TPSA) is 68.1 Å². The van der Waals surface area contributed by atoms with Crippen molar-refractivity contribution in [1.29, 1.82) is 0 Å². The molecule has 20 heavy (non-hydrogen) atoms. The maximum Gasteiger partial charge on any atom is 0.263 e. The van der Waals surface area contributed by atoms with E-state index in [1.165, 1.54) is 17.3 Å². The van der Waals surface area contributed by atoms with Gasteiger partial charge in [-0.2, -0.15) is 0 Å². The first-order chi connectivity index (χ1) is 9.75. The molecule has 0 saturated carbocycles. The fourth-order valence-corrected chi connectivity index (χ4v) is 2.50. The van der Waals surface area contributed by atoms with Gasteiger partial charge in [-0.15, -0.1) is 0 Å².